The maximum absolute atomic E-state index is 11.9. The molecular weight excluding hydrogens is 266 g/mol. The molecule has 2 rings (SSSR count). The number of nitrogens with one attached hydrogen (secondary N) is 1. The Morgan fingerprint density at radius 2 is 1.95 bits per heavy atom. The molecule has 21 heavy (non-hydrogen) atoms. The quantitative estimate of drug-likeness (QED) is 0.869. The molecule has 0 atom stereocenters. The summed E-state index contributed by atoms with van der Waals surface area (Å²) < 4.78 is 0. The maximum atomic E-state index is 11.9. The summed E-state index contributed by atoms with van der Waals surface area (Å²) in [5.41, 5.74) is 1.03. The number of carbonyl (C=O) groups is 2. The molecule has 1 aromatic heterocycles. The first-order chi connectivity index (χ1) is 10.2. The monoisotopic (exact) mass is 289 g/mol. The van der Waals surface area contributed by atoms with Crippen LogP contribution >= 0.6 is 0 Å². The molecule has 0 radical (unpaired) electrons. The van der Waals surface area contributed by atoms with E-state index in [-0.39, 0.29) is 11.8 Å². The molecule has 0 aromatic carbocycles. The fourth-order valence-electron chi connectivity index (χ4n) is 2.82. The van der Waals surface area contributed by atoms with Crippen molar-refractivity contribution in [3.63, 3.8) is 0 Å². The van der Waals surface area contributed by atoms with E-state index in [4.69, 9.17) is 0 Å². The van der Waals surface area contributed by atoms with E-state index in [1.165, 1.54) is 12.8 Å². The van der Waals surface area contributed by atoms with Crippen molar-refractivity contribution in [2.45, 2.75) is 51.6 Å². The fourth-order valence-corrected chi connectivity index (χ4v) is 2.82. The Hall–Kier alpha value is -1.91. The number of nitrogens with zero attached hydrogens (tertiary/aromatic N) is 2. The predicted molar refractivity (Wildman–Crippen MR) is 80.3 cm³/mol. The van der Waals surface area contributed by atoms with Crippen molar-refractivity contribution in [3.05, 3.63) is 30.1 Å². The van der Waals surface area contributed by atoms with E-state index in [9.17, 15) is 9.59 Å². The molecule has 2 amide bonds. The van der Waals surface area contributed by atoms with Gasteiger partial charge in [0.2, 0.25) is 11.8 Å². The molecule has 0 aliphatic heterocycles. The SMILES string of the molecule is CC(=O)N(CCC(=O)NCc1ccncc1)C1CCCC1. The first-order valence-electron chi connectivity index (χ1n) is 7.59. The van der Waals surface area contributed by atoms with Gasteiger partial charge in [-0.25, -0.2) is 0 Å². The summed E-state index contributed by atoms with van der Waals surface area (Å²) >= 11 is 0. The fraction of sp³-hybridized carbons (Fsp3) is 0.562. The second kappa shape index (κ2) is 7.76. The van der Waals surface area contributed by atoms with Crippen LogP contribution in [-0.2, 0) is 16.1 Å². The highest BCUT2D eigenvalue weighted by Gasteiger charge is 2.24. The van der Waals surface area contributed by atoms with Gasteiger partial charge in [0.1, 0.15) is 0 Å². The number of carbonyl (C=O) groups excluding carboxylic acids is 2. The molecule has 1 aliphatic rings. The lowest BCUT2D eigenvalue weighted by molar-refractivity contribution is -0.131. The van der Waals surface area contributed by atoms with Gasteiger partial charge in [-0.1, -0.05) is 12.8 Å². The average molecular weight is 289 g/mol. The van der Waals surface area contributed by atoms with E-state index in [2.05, 4.69) is 10.3 Å². The van der Waals surface area contributed by atoms with Gasteiger partial charge in [0.15, 0.2) is 0 Å². The lowest BCUT2D eigenvalue weighted by Crippen LogP contribution is -2.39. The highest BCUT2D eigenvalue weighted by molar-refractivity contribution is 5.78. The van der Waals surface area contributed by atoms with Crippen molar-refractivity contribution < 1.29 is 9.59 Å². The van der Waals surface area contributed by atoms with E-state index in [1.807, 2.05) is 17.0 Å². The molecule has 1 fully saturated rings. The highest BCUT2D eigenvalue weighted by Crippen LogP contribution is 2.23. The van der Waals surface area contributed by atoms with Crippen LogP contribution in [0, 0.1) is 0 Å². The first-order valence-corrected chi connectivity index (χ1v) is 7.59. The van der Waals surface area contributed by atoms with Crippen LogP contribution in [0.2, 0.25) is 0 Å². The van der Waals surface area contributed by atoms with Gasteiger partial charge in [-0.2, -0.15) is 0 Å². The van der Waals surface area contributed by atoms with Crippen LogP contribution in [0.3, 0.4) is 0 Å². The third-order valence-corrected chi connectivity index (χ3v) is 3.99. The van der Waals surface area contributed by atoms with Gasteiger partial charge in [-0.3, -0.25) is 14.6 Å². The maximum Gasteiger partial charge on any atom is 0.222 e. The second-order valence-electron chi connectivity index (χ2n) is 5.53. The zero-order valence-corrected chi connectivity index (χ0v) is 12.5. The highest BCUT2D eigenvalue weighted by atomic mass is 16.2. The Morgan fingerprint density at radius 1 is 1.29 bits per heavy atom. The number of rotatable bonds is 6. The minimum Gasteiger partial charge on any atom is -0.352 e. The minimum atomic E-state index is -0.0175. The molecule has 0 spiro atoms. The summed E-state index contributed by atoms with van der Waals surface area (Å²) in [6.45, 7) is 2.61. The van der Waals surface area contributed by atoms with Crippen molar-refractivity contribution in [3.8, 4) is 0 Å². The topological polar surface area (TPSA) is 62.3 Å². The van der Waals surface area contributed by atoms with Crippen molar-refractivity contribution in [2.75, 3.05) is 6.54 Å². The van der Waals surface area contributed by atoms with Gasteiger partial charge in [0, 0.05) is 44.9 Å². The van der Waals surface area contributed by atoms with Crippen molar-refractivity contribution in [2.24, 2.45) is 0 Å². The lowest BCUT2D eigenvalue weighted by Gasteiger charge is -2.27. The normalized spacial score (nSPS) is 14.9. The Morgan fingerprint density at radius 3 is 2.57 bits per heavy atom. The van der Waals surface area contributed by atoms with Crippen molar-refractivity contribution >= 4 is 11.8 Å². The summed E-state index contributed by atoms with van der Waals surface area (Å²) in [6.07, 6.45) is 8.28. The number of hydrogen-bond donors (Lipinski definition) is 1. The Balaban J connectivity index is 1.75. The minimum absolute atomic E-state index is 0.0175. The lowest BCUT2D eigenvalue weighted by atomic mass is 10.2. The van der Waals surface area contributed by atoms with Crippen molar-refractivity contribution in [1.29, 1.82) is 0 Å². The van der Waals surface area contributed by atoms with Crippen LogP contribution in [0.15, 0.2) is 24.5 Å². The number of amides is 2. The molecule has 1 aliphatic carbocycles. The van der Waals surface area contributed by atoms with Crippen LogP contribution in [0.4, 0.5) is 0 Å². The Bertz CT molecular complexity index is 470. The van der Waals surface area contributed by atoms with E-state index in [0.717, 1.165) is 18.4 Å². The zero-order valence-electron chi connectivity index (χ0n) is 12.5. The molecule has 114 valence electrons. The standard InChI is InChI=1S/C16H23N3O2/c1-13(20)19(15-4-2-3-5-15)11-8-16(21)18-12-14-6-9-17-10-7-14/h6-7,9-10,15H,2-5,8,11-12H2,1H3,(H,18,21). The average Bonchev–Trinajstić information content (AvgIpc) is 3.00. The predicted octanol–water partition coefficient (Wildman–Crippen LogP) is 1.88. The number of aromatic nitrogens is 1. The third kappa shape index (κ3) is 4.85. The third-order valence-electron chi connectivity index (χ3n) is 3.99. The van der Waals surface area contributed by atoms with E-state index >= 15 is 0 Å². The van der Waals surface area contributed by atoms with Crippen LogP contribution in [0.5, 0.6) is 0 Å². The van der Waals surface area contributed by atoms with Crippen molar-refractivity contribution in [1.82, 2.24) is 15.2 Å². The van der Waals surface area contributed by atoms with Gasteiger partial charge in [0.05, 0.1) is 0 Å². The van der Waals surface area contributed by atoms with Crippen LogP contribution < -0.4 is 5.32 Å². The second-order valence-corrected chi connectivity index (χ2v) is 5.53. The molecule has 0 unspecified atom stereocenters. The Labute approximate surface area is 125 Å². The van der Waals surface area contributed by atoms with Gasteiger partial charge >= 0.3 is 0 Å². The molecule has 1 N–H and O–H groups in total. The summed E-state index contributed by atoms with van der Waals surface area (Å²) in [7, 11) is 0. The summed E-state index contributed by atoms with van der Waals surface area (Å²) in [5.74, 6) is 0.0555. The van der Waals surface area contributed by atoms with E-state index in [0.29, 0.717) is 25.6 Å². The zero-order chi connectivity index (χ0) is 15.1. The van der Waals surface area contributed by atoms with Crippen LogP contribution in [-0.4, -0.2) is 34.3 Å². The van der Waals surface area contributed by atoms with Gasteiger partial charge in [-0.05, 0) is 30.5 Å². The van der Waals surface area contributed by atoms with E-state index < -0.39 is 0 Å². The molecule has 0 saturated heterocycles. The largest absolute Gasteiger partial charge is 0.352 e. The summed E-state index contributed by atoms with van der Waals surface area (Å²) in [5, 5.41) is 2.88. The smallest absolute Gasteiger partial charge is 0.222 e. The molecule has 0 bridgehead atoms. The summed E-state index contributed by atoms with van der Waals surface area (Å²) in [4.78, 5) is 29.4. The first kappa shape index (κ1) is 15.5. The number of pyridine rings is 1. The van der Waals surface area contributed by atoms with Gasteiger partial charge in [-0.15, -0.1) is 0 Å². The Kier molecular flexibility index (Phi) is 5.72. The van der Waals surface area contributed by atoms with Crippen LogP contribution in [0.25, 0.3) is 0 Å². The molecule has 5 nitrogen and oxygen atoms in total. The molecule has 1 aromatic rings. The van der Waals surface area contributed by atoms with Gasteiger partial charge < -0.3 is 10.2 Å². The summed E-state index contributed by atoms with van der Waals surface area (Å²) in [6, 6.07) is 4.08. The molecule has 1 saturated carbocycles. The number of hydrogen-bond acceptors (Lipinski definition) is 3. The van der Waals surface area contributed by atoms with Crippen LogP contribution in [0.1, 0.15) is 44.6 Å². The molecule has 5 heteroatoms. The van der Waals surface area contributed by atoms with E-state index in [1.54, 1.807) is 19.3 Å². The molecular formula is C16H23N3O2. The molecule has 1 heterocycles. The van der Waals surface area contributed by atoms with Gasteiger partial charge in [0.25, 0.3) is 0 Å².